The molecule has 0 radical (unpaired) electrons. The number of urea groups is 1. The van der Waals surface area contributed by atoms with Gasteiger partial charge in [0.05, 0.1) is 6.42 Å². The summed E-state index contributed by atoms with van der Waals surface area (Å²) in [4.78, 5) is 26.0. The first kappa shape index (κ1) is 17.9. The first-order valence-corrected chi connectivity index (χ1v) is 8.76. The molecule has 1 saturated heterocycles. The number of amides is 3. The lowest BCUT2D eigenvalue weighted by molar-refractivity contribution is -0.129. The Morgan fingerprint density at radius 2 is 1.54 bits per heavy atom. The molecule has 26 heavy (non-hydrogen) atoms. The van der Waals surface area contributed by atoms with Crippen molar-refractivity contribution in [1.29, 1.82) is 0 Å². The van der Waals surface area contributed by atoms with Crippen molar-refractivity contribution in [2.45, 2.75) is 25.8 Å². The zero-order chi connectivity index (χ0) is 18.4. The molecule has 0 saturated carbocycles. The standard InChI is InChI=1S/C20H22FN3O2/c21-17-7-3-16(4-8-17)14-22-20(26)23-18-9-5-15(6-10-18)13-19(25)24-11-1-2-12-24/h3-10H,1-2,11-14H2,(H2,22,23,26). The summed E-state index contributed by atoms with van der Waals surface area (Å²) in [6.07, 6.45) is 2.56. The van der Waals surface area contributed by atoms with Gasteiger partial charge in [0.15, 0.2) is 0 Å². The van der Waals surface area contributed by atoms with E-state index in [0.717, 1.165) is 37.1 Å². The second-order valence-electron chi connectivity index (χ2n) is 6.40. The lowest BCUT2D eigenvalue weighted by Crippen LogP contribution is -2.29. The number of hydrogen-bond acceptors (Lipinski definition) is 2. The maximum Gasteiger partial charge on any atom is 0.319 e. The average Bonchev–Trinajstić information content (AvgIpc) is 3.18. The van der Waals surface area contributed by atoms with Gasteiger partial charge >= 0.3 is 6.03 Å². The summed E-state index contributed by atoms with van der Waals surface area (Å²) >= 11 is 0. The number of likely N-dealkylation sites (tertiary alicyclic amines) is 1. The van der Waals surface area contributed by atoms with E-state index in [4.69, 9.17) is 0 Å². The van der Waals surface area contributed by atoms with Crippen LogP contribution in [0.3, 0.4) is 0 Å². The molecular weight excluding hydrogens is 333 g/mol. The number of nitrogens with zero attached hydrogens (tertiary/aromatic N) is 1. The Bertz CT molecular complexity index is 754. The molecule has 6 heteroatoms. The highest BCUT2D eigenvalue weighted by Gasteiger charge is 2.17. The fourth-order valence-corrected chi connectivity index (χ4v) is 2.92. The van der Waals surface area contributed by atoms with Gasteiger partial charge in [-0.3, -0.25) is 4.79 Å². The Morgan fingerprint density at radius 1 is 0.923 bits per heavy atom. The van der Waals surface area contributed by atoms with Crippen molar-refractivity contribution in [1.82, 2.24) is 10.2 Å². The van der Waals surface area contributed by atoms with Gasteiger partial charge in [-0.15, -0.1) is 0 Å². The third-order valence-electron chi connectivity index (χ3n) is 4.39. The Balaban J connectivity index is 1.46. The minimum atomic E-state index is -0.338. The molecule has 136 valence electrons. The summed E-state index contributed by atoms with van der Waals surface area (Å²) < 4.78 is 12.8. The monoisotopic (exact) mass is 355 g/mol. The summed E-state index contributed by atoms with van der Waals surface area (Å²) in [5, 5.41) is 5.46. The van der Waals surface area contributed by atoms with Gasteiger partial charge in [-0.25, -0.2) is 9.18 Å². The normalized spacial score (nSPS) is 13.5. The van der Waals surface area contributed by atoms with Crippen LogP contribution in [0.4, 0.5) is 14.9 Å². The number of rotatable bonds is 5. The zero-order valence-corrected chi connectivity index (χ0v) is 14.5. The molecule has 0 atom stereocenters. The van der Waals surface area contributed by atoms with E-state index in [1.54, 1.807) is 24.3 Å². The van der Waals surface area contributed by atoms with Gasteiger partial charge in [0.2, 0.25) is 5.91 Å². The second kappa shape index (κ2) is 8.47. The first-order chi connectivity index (χ1) is 12.6. The molecule has 0 unspecified atom stereocenters. The van der Waals surface area contributed by atoms with E-state index in [2.05, 4.69) is 10.6 Å². The van der Waals surface area contributed by atoms with E-state index in [1.165, 1.54) is 12.1 Å². The Hall–Kier alpha value is -2.89. The van der Waals surface area contributed by atoms with Crippen molar-refractivity contribution in [3.63, 3.8) is 0 Å². The first-order valence-electron chi connectivity index (χ1n) is 8.76. The van der Waals surface area contributed by atoms with Crippen LogP contribution in [0.15, 0.2) is 48.5 Å². The number of anilines is 1. The molecule has 2 aromatic carbocycles. The summed E-state index contributed by atoms with van der Waals surface area (Å²) in [6.45, 7) is 2.02. The van der Waals surface area contributed by atoms with Crippen LogP contribution in [0.2, 0.25) is 0 Å². The SMILES string of the molecule is O=C(NCc1ccc(F)cc1)Nc1ccc(CC(=O)N2CCCC2)cc1. The number of benzene rings is 2. The summed E-state index contributed by atoms with van der Waals surface area (Å²) in [6, 6.07) is 12.9. The van der Waals surface area contributed by atoms with Gasteiger partial charge < -0.3 is 15.5 Å². The van der Waals surface area contributed by atoms with Crippen molar-refractivity contribution in [2.24, 2.45) is 0 Å². The molecule has 2 N–H and O–H groups in total. The Labute approximate surface area is 152 Å². The smallest absolute Gasteiger partial charge is 0.319 e. The quantitative estimate of drug-likeness (QED) is 0.864. The molecule has 0 aromatic heterocycles. The fraction of sp³-hybridized carbons (Fsp3) is 0.300. The predicted octanol–water partition coefficient (Wildman–Crippen LogP) is 3.31. The second-order valence-corrected chi connectivity index (χ2v) is 6.40. The summed E-state index contributed by atoms with van der Waals surface area (Å²) in [5.74, 6) is -0.151. The molecule has 1 aliphatic heterocycles. The van der Waals surface area contributed by atoms with Gasteiger partial charge in [0.25, 0.3) is 0 Å². The highest BCUT2D eigenvalue weighted by molar-refractivity contribution is 5.89. The molecular formula is C20H22FN3O2. The third-order valence-corrected chi connectivity index (χ3v) is 4.39. The van der Waals surface area contributed by atoms with E-state index in [0.29, 0.717) is 18.7 Å². The maximum absolute atomic E-state index is 12.8. The molecule has 0 aliphatic carbocycles. The molecule has 5 nitrogen and oxygen atoms in total. The number of hydrogen-bond donors (Lipinski definition) is 2. The lowest BCUT2D eigenvalue weighted by Gasteiger charge is -2.15. The molecule has 0 spiro atoms. The van der Waals surface area contributed by atoms with E-state index in [9.17, 15) is 14.0 Å². The van der Waals surface area contributed by atoms with Gasteiger partial charge in [-0.1, -0.05) is 24.3 Å². The molecule has 3 amide bonds. The minimum absolute atomic E-state index is 0.153. The molecule has 0 bridgehead atoms. The molecule has 1 fully saturated rings. The van der Waals surface area contributed by atoms with Crippen LogP contribution in [0.1, 0.15) is 24.0 Å². The van der Waals surface area contributed by atoms with Gasteiger partial charge in [-0.2, -0.15) is 0 Å². The molecule has 1 heterocycles. The summed E-state index contributed by atoms with van der Waals surface area (Å²) in [7, 11) is 0. The molecule has 1 aliphatic rings. The van der Waals surface area contributed by atoms with E-state index in [-0.39, 0.29) is 17.8 Å². The van der Waals surface area contributed by atoms with Crippen LogP contribution in [-0.4, -0.2) is 29.9 Å². The van der Waals surface area contributed by atoms with Crippen molar-refractivity contribution < 1.29 is 14.0 Å². The number of carbonyl (C=O) groups excluding carboxylic acids is 2. The van der Waals surface area contributed by atoms with Gasteiger partial charge in [0.1, 0.15) is 5.82 Å². The van der Waals surface area contributed by atoms with Crippen molar-refractivity contribution in [2.75, 3.05) is 18.4 Å². The van der Waals surface area contributed by atoms with E-state index >= 15 is 0 Å². The van der Waals surface area contributed by atoms with Gasteiger partial charge in [0, 0.05) is 25.3 Å². The fourth-order valence-electron chi connectivity index (χ4n) is 2.92. The number of halogens is 1. The lowest BCUT2D eigenvalue weighted by atomic mass is 10.1. The largest absolute Gasteiger partial charge is 0.342 e. The topological polar surface area (TPSA) is 61.4 Å². The van der Waals surface area contributed by atoms with Crippen LogP contribution in [0.25, 0.3) is 0 Å². The van der Waals surface area contributed by atoms with Gasteiger partial charge in [-0.05, 0) is 48.2 Å². The molecule has 3 rings (SSSR count). The number of carbonyl (C=O) groups is 2. The average molecular weight is 355 g/mol. The maximum atomic E-state index is 12.8. The Kier molecular flexibility index (Phi) is 5.84. The van der Waals surface area contributed by atoms with Crippen molar-refractivity contribution >= 4 is 17.6 Å². The van der Waals surface area contributed by atoms with Crippen LogP contribution >= 0.6 is 0 Å². The Morgan fingerprint density at radius 3 is 2.19 bits per heavy atom. The molecule has 2 aromatic rings. The summed E-state index contributed by atoms with van der Waals surface area (Å²) in [5.41, 5.74) is 2.40. The number of nitrogens with one attached hydrogen (secondary N) is 2. The predicted molar refractivity (Wildman–Crippen MR) is 98.2 cm³/mol. The van der Waals surface area contributed by atoms with Crippen LogP contribution in [0, 0.1) is 5.82 Å². The van der Waals surface area contributed by atoms with E-state index < -0.39 is 0 Å². The van der Waals surface area contributed by atoms with Crippen molar-refractivity contribution in [3.8, 4) is 0 Å². The highest BCUT2D eigenvalue weighted by atomic mass is 19.1. The van der Waals surface area contributed by atoms with Crippen LogP contribution in [0.5, 0.6) is 0 Å². The van der Waals surface area contributed by atoms with Crippen LogP contribution in [-0.2, 0) is 17.8 Å². The zero-order valence-electron chi connectivity index (χ0n) is 14.5. The van der Waals surface area contributed by atoms with E-state index in [1.807, 2.05) is 17.0 Å². The van der Waals surface area contributed by atoms with Crippen LogP contribution < -0.4 is 10.6 Å². The highest BCUT2D eigenvalue weighted by Crippen LogP contribution is 2.13. The third kappa shape index (κ3) is 5.05. The van der Waals surface area contributed by atoms with Crippen molar-refractivity contribution in [3.05, 3.63) is 65.5 Å². The minimum Gasteiger partial charge on any atom is -0.342 e.